The number of sulfonamides is 1. The zero-order valence-electron chi connectivity index (χ0n) is 13.2. The van der Waals surface area contributed by atoms with Crippen molar-refractivity contribution >= 4 is 15.8 Å². The smallest absolute Gasteiger partial charge is 0.243 e. The van der Waals surface area contributed by atoms with Gasteiger partial charge >= 0.3 is 0 Å². The Balaban J connectivity index is 2.19. The third-order valence-corrected chi connectivity index (χ3v) is 6.25. The summed E-state index contributed by atoms with van der Waals surface area (Å²) >= 11 is 0. The fraction of sp³-hybridized carbons (Fsp3) is 0.562. The van der Waals surface area contributed by atoms with E-state index in [2.05, 4.69) is 0 Å². The predicted octanol–water partition coefficient (Wildman–Crippen LogP) is 2.03. The summed E-state index contributed by atoms with van der Waals surface area (Å²) in [5.41, 5.74) is 6.35. The molecule has 0 spiro atoms. The van der Waals surface area contributed by atoms with Gasteiger partial charge in [0, 0.05) is 31.1 Å². The standard InChI is InChI=1S/C16H24N2O3S/c1-3-16(19)14-5-4-6-15(11-14)22(20,21)18-9-7-13(8-10-18)12(2)17/h4-6,11-13H,3,7-10,17H2,1-2H3. The maximum atomic E-state index is 12.7. The van der Waals surface area contributed by atoms with Crippen molar-refractivity contribution in [2.45, 2.75) is 44.0 Å². The minimum absolute atomic E-state index is 0.0484. The first kappa shape index (κ1) is 17.1. The summed E-state index contributed by atoms with van der Waals surface area (Å²) in [6, 6.07) is 6.42. The number of benzene rings is 1. The number of Topliss-reactive ketones (excluding diaryl/α,β-unsaturated/α-hetero) is 1. The third kappa shape index (κ3) is 3.56. The average Bonchev–Trinajstić information content (AvgIpc) is 2.54. The molecule has 6 heteroatoms. The maximum absolute atomic E-state index is 12.7. The molecule has 1 fully saturated rings. The second-order valence-corrected chi connectivity index (χ2v) is 7.84. The molecule has 1 aliphatic heterocycles. The number of nitrogens with zero attached hydrogens (tertiary/aromatic N) is 1. The summed E-state index contributed by atoms with van der Waals surface area (Å²) in [6.07, 6.45) is 1.93. The molecule has 0 aromatic heterocycles. The fourth-order valence-electron chi connectivity index (χ4n) is 2.83. The van der Waals surface area contributed by atoms with Gasteiger partial charge in [0.25, 0.3) is 0 Å². The number of ketones is 1. The highest BCUT2D eigenvalue weighted by Gasteiger charge is 2.30. The molecule has 1 saturated heterocycles. The summed E-state index contributed by atoms with van der Waals surface area (Å²) in [6.45, 7) is 4.71. The normalized spacial score (nSPS) is 19.0. The zero-order chi connectivity index (χ0) is 16.3. The molecule has 1 aromatic carbocycles. The van der Waals surface area contributed by atoms with Gasteiger partial charge in [-0.05, 0) is 37.8 Å². The van der Waals surface area contributed by atoms with Crippen LogP contribution in [0.3, 0.4) is 0 Å². The molecule has 0 saturated carbocycles. The van der Waals surface area contributed by atoms with E-state index in [-0.39, 0.29) is 16.7 Å². The van der Waals surface area contributed by atoms with Crippen molar-refractivity contribution in [3.05, 3.63) is 29.8 Å². The van der Waals surface area contributed by atoms with Crippen LogP contribution in [0.2, 0.25) is 0 Å². The van der Waals surface area contributed by atoms with Crippen molar-refractivity contribution in [2.75, 3.05) is 13.1 Å². The molecule has 5 nitrogen and oxygen atoms in total. The van der Waals surface area contributed by atoms with Gasteiger partial charge in [0.15, 0.2) is 5.78 Å². The first-order valence-electron chi connectivity index (χ1n) is 7.75. The van der Waals surface area contributed by atoms with E-state index in [4.69, 9.17) is 5.73 Å². The van der Waals surface area contributed by atoms with Gasteiger partial charge in [-0.2, -0.15) is 4.31 Å². The van der Waals surface area contributed by atoms with Crippen LogP contribution in [-0.2, 0) is 10.0 Å². The van der Waals surface area contributed by atoms with Crippen LogP contribution in [0.15, 0.2) is 29.2 Å². The van der Waals surface area contributed by atoms with Gasteiger partial charge in [0.1, 0.15) is 0 Å². The number of carbonyl (C=O) groups excluding carboxylic acids is 1. The molecular weight excluding hydrogens is 300 g/mol. The quantitative estimate of drug-likeness (QED) is 0.840. The highest BCUT2D eigenvalue weighted by Crippen LogP contribution is 2.25. The fourth-order valence-corrected chi connectivity index (χ4v) is 4.34. The number of piperidine rings is 1. The van der Waals surface area contributed by atoms with Gasteiger partial charge in [0.2, 0.25) is 10.0 Å². The summed E-state index contributed by atoms with van der Waals surface area (Å²) in [7, 11) is -3.54. The van der Waals surface area contributed by atoms with Crippen LogP contribution in [0, 0.1) is 5.92 Å². The Bertz CT molecular complexity index is 633. The number of carbonyl (C=O) groups is 1. The second kappa shape index (κ2) is 6.89. The molecular formula is C16H24N2O3S. The van der Waals surface area contributed by atoms with Crippen LogP contribution >= 0.6 is 0 Å². The maximum Gasteiger partial charge on any atom is 0.243 e. The highest BCUT2D eigenvalue weighted by atomic mass is 32.2. The Kier molecular flexibility index (Phi) is 5.36. The number of hydrogen-bond acceptors (Lipinski definition) is 4. The summed E-state index contributed by atoms with van der Waals surface area (Å²) in [5, 5.41) is 0. The molecule has 0 amide bonds. The molecule has 1 heterocycles. The van der Waals surface area contributed by atoms with E-state index in [1.54, 1.807) is 25.1 Å². The van der Waals surface area contributed by atoms with Gasteiger partial charge in [0.05, 0.1) is 4.90 Å². The average molecular weight is 324 g/mol. The lowest BCUT2D eigenvalue weighted by molar-refractivity contribution is 0.0988. The van der Waals surface area contributed by atoms with Crippen LogP contribution in [0.1, 0.15) is 43.5 Å². The SMILES string of the molecule is CCC(=O)c1cccc(S(=O)(=O)N2CCC(C(C)N)CC2)c1. The number of nitrogens with two attached hydrogens (primary N) is 1. The van der Waals surface area contributed by atoms with E-state index >= 15 is 0 Å². The Morgan fingerprint density at radius 2 is 2.00 bits per heavy atom. The van der Waals surface area contributed by atoms with Crippen molar-refractivity contribution in [3.63, 3.8) is 0 Å². The van der Waals surface area contributed by atoms with Crippen molar-refractivity contribution < 1.29 is 13.2 Å². The Morgan fingerprint density at radius 1 is 1.36 bits per heavy atom. The van der Waals surface area contributed by atoms with Crippen LogP contribution in [0.4, 0.5) is 0 Å². The summed E-state index contributed by atoms with van der Waals surface area (Å²) in [5.74, 6) is 0.326. The molecule has 0 radical (unpaired) electrons. The van der Waals surface area contributed by atoms with Crippen LogP contribution in [0.25, 0.3) is 0 Å². The molecule has 122 valence electrons. The first-order valence-corrected chi connectivity index (χ1v) is 9.19. The molecule has 2 rings (SSSR count). The second-order valence-electron chi connectivity index (χ2n) is 5.91. The predicted molar refractivity (Wildman–Crippen MR) is 86.2 cm³/mol. The van der Waals surface area contributed by atoms with Gasteiger partial charge in [-0.15, -0.1) is 0 Å². The van der Waals surface area contributed by atoms with E-state index in [1.165, 1.54) is 10.4 Å². The zero-order valence-corrected chi connectivity index (χ0v) is 14.0. The van der Waals surface area contributed by atoms with E-state index in [9.17, 15) is 13.2 Å². The van der Waals surface area contributed by atoms with Gasteiger partial charge < -0.3 is 5.73 Å². The molecule has 0 aliphatic carbocycles. The third-order valence-electron chi connectivity index (χ3n) is 4.36. The Labute approximate surface area is 132 Å². The monoisotopic (exact) mass is 324 g/mol. The number of rotatable bonds is 5. The molecule has 2 N–H and O–H groups in total. The van der Waals surface area contributed by atoms with Crippen LogP contribution in [-0.4, -0.2) is 37.6 Å². The van der Waals surface area contributed by atoms with Crippen molar-refractivity contribution in [1.82, 2.24) is 4.31 Å². The van der Waals surface area contributed by atoms with Crippen molar-refractivity contribution in [3.8, 4) is 0 Å². The van der Waals surface area contributed by atoms with E-state index < -0.39 is 10.0 Å². The minimum Gasteiger partial charge on any atom is -0.328 e. The Hall–Kier alpha value is -1.24. The molecule has 1 unspecified atom stereocenters. The van der Waals surface area contributed by atoms with Crippen LogP contribution in [0.5, 0.6) is 0 Å². The van der Waals surface area contributed by atoms with E-state index in [0.717, 1.165) is 12.8 Å². The lowest BCUT2D eigenvalue weighted by Crippen LogP contribution is -2.42. The lowest BCUT2D eigenvalue weighted by Gasteiger charge is -2.33. The van der Waals surface area contributed by atoms with Crippen molar-refractivity contribution in [2.24, 2.45) is 11.7 Å². The number of hydrogen-bond donors (Lipinski definition) is 1. The molecule has 1 atom stereocenters. The van der Waals surface area contributed by atoms with Gasteiger partial charge in [-0.3, -0.25) is 4.79 Å². The summed E-state index contributed by atoms with van der Waals surface area (Å²) < 4.78 is 26.9. The van der Waals surface area contributed by atoms with Gasteiger partial charge in [-0.1, -0.05) is 19.1 Å². The highest BCUT2D eigenvalue weighted by molar-refractivity contribution is 7.89. The Morgan fingerprint density at radius 3 is 2.55 bits per heavy atom. The topological polar surface area (TPSA) is 80.5 Å². The largest absolute Gasteiger partial charge is 0.328 e. The summed E-state index contributed by atoms with van der Waals surface area (Å²) in [4.78, 5) is 12.0. The molecule has 1 aromatic rings. The van der Waals surface area contributed by atoms with E-state index in [1.807, 2.05) is 6.92 Å². The van der Waals surface area contributed by atoms with Gasteiger partial charge in [-0.25, -0.2) is 8.42 Å². The lowest BCUT2D eigenvalue weighted by atomic mass is 9.92. The minimum atomic E-state index is -3.54. The first-order chi connectivity index (χ1) is 10.4. The van der Waals surface area contributed by atoms with Crippen molar-refractivity contribution in [1.29, 1.82) is 0 Å². The molecule has 22 heavy (non-hydrogen) atoms. The molecule has 1 aliphatic rings. The van der Waals surface area contributed by atoms with E-state index in [0.29, 0.717) is 31.0 Å². The molecule has 0 bridgehead atoms. The van der Waals surface area contributed by atoms with Crippen LogP contribution < -0.4 is 5.73 Å².